The predicted molar refractivity (Wildman–Crippen MR) is 76.1 cm³/mol. The highest BCUT2D eigenvalue weighted by Gasteiger charge is 2.56. The molecule has 1 N–H and O–H groups in total. The van der Waals surface area contributed by atoms with Crippen molar-refractivity contribution in [1.29, 1.82) is 0 Å². The molecule has 0 radical (unpaired) electrons. The summed E-state index contributed by atoms with van der Waals surface area (Å²) in [6.45, 7) is 3.29. The first kappa shape index (κ1) is 12.0. The lowest BCUT2D eigenvalue weighted by atomic mass is 9.45. The van der Waals surface area contributed by atoms with E-state index in [2.05, 4.69) is 31.4 Å². The van der Waals surface area contributed by atoms with Crippen LogP contribution in [0.4, 0.5) is 0 Å². The Morgan fingerprint density at radius 1 is 1.21 bits per heavy atom. The Labute approximate surface area is 116 Å². The molecule has 4 aliphatic rings. The van der Waals surface area contributed by atoms with Crippen LogP contribution in [-0.2, 0) is 5.41 Å². The van der Waals surface area contributed by atoms with Crippen molar-refractivity contribution in [3.63, 3.8) is 0 Å². The molecular weight excluding hydrogens is 234 g/mol. The first-order chi connectivity index (χ1) is 9.20. The Kier molecular flexibility index (Phi) is 2.60. The summed E-state index contributed by atoms with van der Waals surface area (Å²) in [5, 5.41) is 3.43. The maximum atomic E-state index is 6.05. The van der Waals surface area contributed by atoms with Crippen molar-refractivity contribution in [2.45, 2.75) is 44.4 Å². The highest BCUT2D eigenvalue weighted by atomic mass is 16.3. The summed E-state index contributed by atoms with van der Waals surface area (Å²) in [4.78, 5) is 0. The largest absolute Gasteiger partial charge is 0.466 e. The summed E-state index contributed by atoms with van der Waals surface area (Å²) in [5.74, 6) is 6.14. The lowest BCUT2D eigenvalue weighted by Crippen LogP contribution is -2.54. The van der Waals surface area contributed by atoms with Gasteiger partial charge in [0.2, 0.25) is 0 Å². The maximum absolute atomic E-state index is 6.05. The number of nitrogens with one attached hydrogen (secondary N) is 1. The van der Waals surface area contributed by atoms with Gasteiger partial charge in [-0.05, 0) is 88.4 Å². The second-order valence-corrected chi connectivity index (χ2v) is 7.38. The topological polar surface area (TPSA) is 25.2 Å². The third-order valence-electron chi connectivity index (χ3n) is 6.17. The second kappa shape index (κ2) is 4.12. The molecule has 2 atom stereocenters. The molecule has 1 heterocycles. The van der Waals surface area contributed by atoms with Crippen LogP contribution in [0.5, 0.6) is 0 Å². The molecule has 0 spiro atoms. The number of rotatable bonds is 3. The summed E-state index contributed by atoms with van der Waals surface area (Å²) >= 11 is 0. The number of aryl methyl sites for hydroxylation is 1. The molecule has 0 amide bonds. The zero-order valence-electron chi connectivity index (χ0n) is 12.1. The minimum atomic E-state index is 0.398. The quantitative estimate of drug-likeness (QED) is 0.898. The van der Waals surface area contributed by atoms with Crippen LogP contribution in [-0.4, -0.2) is 13.6 Å². The molecule has 2 heteroatoms. The lowest BCUT2D eigenvalue weighted by Gasteiger charge is -2.59. The van der Waals surface area contributed by atoms with Crippen LogP contribution in [0.25, 0.3) is 0 Å². The van der Waals surface area contributed by atoms with E-state index in [1.54, 1.807) is 0 Å². The highest BCUT2D eigenvalue weighted by Crippen LogP contribution is 2.62. The highest BCUT2D eigenvalue weighted by molar-refractivity contribution is 5.23. The van der Waals surface area contributed by atoms with E-state index in [0.29, 0.717) is 5.41 Å². The van der Waals surface area contributed by atoms with Gasteiger partial charge in [0.25, 0.3) is 0 Å². The van der Waals surface area contributed by atoms with Gasteiger partial charge in [-0.25, -0.2) is 0 Å². The summed E-state index contributed by atoms with van der Waals surface area (Å²) in [7, 11) is 2.11. The van der Waals surface area contributed by atoms with Crippen molar-refractivity contribution in [2.75, 3.05) is 13.6 Å². The fourth-order valence-corrected chi connectivity index (χ4v) is 5.72. The fourth-order valence-electron chi connectivity index (χ4n) is 5.72. The van der Waals surface area contributed by atoms with Gasteiger partial charge in [-0.15, -0.1) is 0 Å². The predicted octanol–water partition coefficient (Wildman–Crippen LogP) is 3.50. The van der Waals surface area contributed by atoms with Crippen molar-refractivity contribution in [3.8, 4) is 0 Å². The first-order valence-corrected chi connectivity index (χ1v) is 7.92. The van der Waals surface area contributed by atoms with Crippen molar-refractivity contribution in [3.05, 3.63) is 23.7 Å². The van der Waals surface area contributed by atoms with Crippen LogP contribution in [0.3, 0.4) is 0 Å². The van der Waals surface area contributed by atoms with Gasteiger partial charge in [0.15, 0.2) is 0 Å². The monoisotopic (exact) mass is 259 g/mol. The zero-order valence-corrected chi connectivity index (χ0v) is 12.1. The lowest BCUT2D eigenvalue weighted by molar-refractivity contribution is -0.0621. The van der Waals surface area contributed by atoms with Gasteiger partial charge >= 0.3 is 0 Å². The van der Waals surface area contributed by atoms with E-state index in [-0.39, 0.29) is 0 Å². The molecule has 5 rings (SSSR count). The Bertz CT molecular complexity index is 461. The summed E-state index contributed by atoms with van der Waals surface area (Å²) in [6.07, 6.45) is 7.09. The Morgan fingerprint density at radius 3 is 2.53 bits per heavy atom. The molecule has 0 saturated heterocycles. The van der Waals surface area contributed by atoms with E-state index in [1.807, 2.05) is 0 Å². The molecule has 104 valence electrons. The van der Waals surface area contributed by atoms with E-state index < -0.39 is 0 Å². The molecule has 0 aliphatic heterocycles. The minimum Gasteiger partial charge on any atom is -0.466 e. The van der Waals surface area contributed by atoms with Gasteiger partial charge in [0, 0.05) is 5.41 Å². The zero-order chi connectivity index (χ0) is 13.0. The van der Waals surface area contributed by atoms with Crippen LogP contribution in [0.2, 0.25) is 0 Å². The fraction of sp³-hybridized carbons (Fsp3) is 0.765. The number of furan rings is 1. The van der Waals surface area contributed by atoms with Gasteiger partial charge in [-0.3, -0.25) is 0 Å². The maximum Gasteiger partial charge on any atom is 0.110 e. The SMILES string of the molecule is CNCC1C2CC3CC1CC(c1ccc(C)o1)(C3)C2. The number of hydrogen-bond donors (Lipinski definition) is 1. The third kappa shape index (κ3) is 1.72. The summed E-state index contributed by atoms with van der Waals surface area (Å²) in [5.41, 5.74) is 0.398. The Hall–Kier alpha value is -0.760. The van der Waals surface area contributed by atoms with Crippen molar-refractivity contribution in [1.82, 2.24) is 5.32 Å². The second-order valence-electron chi connectivity index (χ2n) is 7.38. The molecule has 2 nitrogen and oxygen atoms in total. The molecule has 4 aliphatic carbocycles. The van der Waals surface area contributed by atoms with E-state index in [9.17, 15) is 0 Å². The molecular formula is C17H25NO. The molecule has 2 unspecified atom stereocenters. The van der Waals surface area contributed by atoms with Gasteiger partial charge < -0.3 is 9.73 Å². The smallest absolute Gasteiger partial charge is 0.110 e. The summed E-state index contributed by atoms with van der Waals surface area (Å²) < 4.78 is 6.05. The van der Waals surface area contributed by atoms with E-state index in [1.165, 1.54) is 44.4 Å². The molecule has 19 heavy (non-hydrogen) atoms. The summed E-state index contributed by atoms with van der Waals surface area (Å²) in [6, 6.07) is 4.41. The third-order valence-corrected chi connectivity index (χ3v) is 6.17. The normalized spacial score (nSPS) is 43.9. The van der Waals surface area contributed by atoms with E-state index in [4.69, 9.17) is 4.42 Å². The van der Waals surface area contributed by atoms with Crippen LogP contribution in [0.1, 0.15) is 43.6 Å². The van der Waals surface area contributed by atoms with E-state index >= 15 is 0 Å². The molecule has 0 aromatic carbocycles. The Balaban J connectivity index is 1.67. The molecule has 4 saturated carbocycles. The minimum absolute atomic E-state index is 0.398. The molecule has 1 aromatic heterocycles. The van der Waals surface area contributed by atoms with Crippen molar-refractivity contribution >= 4 is 0 Å². The van der Waals surface area contributed by atoms with Crippen molar-refractivity contribution < 1.29 is 4.42 Å². The average Bonchev–Trinajstić information content (AvgIpc) is 2.80. The van der Waals surface area contributed by atoms with Crippen molar-refractivity contribution in [2.24, 2.45) is 23.7 Å². The molecule has 4 bridgehead atoms. The van der Waals surface area contributed by atoms with Crippen LogP contribution >= 0.6 is 0 Å². The number of hydrogen-bond acceptors (Lipinski definition) is 2. The van der Waals surface area contributed by atoms with Gasteiger partial charge in [-0.1, -0.05) is 0 Å². The van der Waals surface area contributed by atoms with Crippen LogP contribution in [0, 0.1) is 30.6 Å². The van der Waals surface area contributed by atoms with Gasteiger partial charge in [0.05, 0.1) is 0 Å². The Morgan fingerprint density at radius 2 is 1.95 bits per heavy atom. The van der Waals surface area contributed by atoms with Crippen LogP contribution < -0.4 is 5.32 Å². The van der Waals surface area contributed by atoms with Gasteiger partial charge in [-0.2, -0.15) is 0 Å². The molecule has 4 fully saturated rings. The van der Waals surface area contributed by atoms with Crippen LogP contribution in [0.15, 0.2) is 16.5 Å². The molecule has 1 aromatic rings. The average molecular weight is 259 g/mol. The first-order valence-electron chi connectivity index (χ1n) is 7.92. The van der Waals surface area contributed by atoms with E-state index in [0.717, 1.165) is 29.4 Å². The standard InChI is InChI=1S/C17H25NO/c1-11-3-4-16(19-11)17-7-12-5-13(8-17)15(10-18-2)14(6-12)9-17/h3-4,12-15,18H,5-10H2,1-2H3. The van der Waals surface area contributed by atoms with Gasteiger partial charge in [0.1, 0.15) is 11.5 Å².